The van der Waals surface area contributed by atoms with Gasteiger partial charge in [0.2, 0.25) is 10.0 Å². The third kappa shape index (κ3) is 5.61. The number of halogens is 1. The van der Waals surface area contributed by atoms with Crippen molar-refractivity contribution >= 4 is 44.9 Å². The van der Waals surface area contributed by atoms with Gasteiger partial charge >= 0.3 is 5.97 Å². The maximum absolute atomic E-state index is 12.7. The number of benzene rings is 2. The quantitative estimate of drug-likeness (QED) is 0.364. The molecular weight excluding hydrogens is 462 g/mol. The third-order valence-corrected chi connectivity index (χ3v) is 7.05. The maximum atomic E-state index is 12.7. The summed E-state index contributed by atoms with van der Waals surface area (Å²) in [6, 6.07) is 8.81. The van der Waals surface area contributed by atoms with Crippen molar-refractivity contribution in [3.05, 3.63) is 63.2 Å². The van der Waals surface area contributed by atoms with Crippen LogP contribution < -0.4 is 5.32 Å². The minimum atomic E-state index is -3.62. The van der Waals surface area contributed by atoms with Crippen LogP contribution in [0.5, 0.6) is 0 Å². The van der Waals surface area contributed by atoms with E-state index in [2.05, 4.69) is 5.32 Å². The fourth-order valence-corrected chi connectivity index (χ4v) is 4.82. The van der Waals surface area contributed by atoms with Gasteiger partial charge in [0.05, 0.1) is 26.1 Å². The molecular formula is C20H20ClN3O7S. The lowest BCUT2D eigenvalue weighted by molar-refractivity contribution is -0.384. The van der Waals surface area contributed by atoms with E-state index in [0.29, 0.717) is 13.1 Å². The summed E-state index contributed by atoms with van der Waals surface area (Å²) in [4.78, 5) is 34.5. The van der Waals surface area contributed by atoms with Crippen molar-refractivity contribution in [1.82, 2.24) is 4.31 Å². The molecule has 1 N–H and O–H groups in total. The topological polar surface area (TPSA) is 136 Å². The lowest BCUT2D eigenvalue weighted by atomic mass is 10.2. The predicted octanol–water partition coefficient (Wildman–Crippen LogP) is 3.22. The van der Waals surface area contributed by atoms with Crippen LogP contribution in [0.4, 0.5) is 11.4 Å². The second-order valence-corrected chi connectivity index (χ2v) is 9.38. The molecule has 0 radical (unpaired) electrons. The molecule has 1 saturated heterocycles. The lowest BCUT2D eigenvalue weighted by Gasteiger charge is -2.25. The van der Waals surface area contributed by atoms with Crippen LogP contribution in [0.25, 0.3) is 0 Å². The number of nitrogens with zero attached hydrogens (tertiary/aromatic N) is 2. The summed E-state index contributed by atoms with van der Waals surface area (Å²) < 4.78 is 31.7. The molecule has 0 bridgehead atoms. The molecule has 3 rings (SSSR count). The molecule has 1 fully saturated rings. The zero-order valence-electron chi connectivity index (χ0n) is 16.8. The number of ether oxygens (including phenoxy) is 1. The second-order valence-electron chi connectivity index (χ2n) is 7.03. The Morgan fingerprint density at radius 1 is 1.09 bits per heavy atom. The summed E-state index contributed by atoms with van der Waals surface area (Å²) in [6.07, 6.45) is 2.62. The summed E-state index contributed by atoms with van der Waals surface area (Å²) in [7, 11) is -3.62. The molecule has 0 spiro atoms. The Morgan fingerprint density at radius 2 is 1.75 bits per heavy atom. The summed E-state index contributed by atoms with van der Waals surface area (Å²) >= 11 is 5.91. The molecule has 1 heterocycles. The number of anilines is 1. The number of nitro benzene ring substituents is 1. The number of sulfonamides is 1. The summed E-state index contributed by atoms with van der Waals surface area (Å²) in [5.74, 6) is -1.57. The molecule has 0 aromatic heterocycles. The van der Waals surface area contributed by atoms with Gasteiger partial charge in [-0.1, -0.05) is 18.0 Å². The van der Waals surface area contributed by atoms with Crippen LogP contribution in [-0.4, -0.2) is 49.2 Å². The Bertz CT molecular complexity index is 1130. The first-order valence-electron chi connectivity index (χ1n) is 9.69. The number of non-ortho nitro benzene ring substituents is 1. The molecule has 0 aliphatic carbocycles. The predicted molar refractivity (Wildman–Crippen MR) is 116 cm³/mol. The average molecular weight is 482 g/mol. The zero-order chi connectivity index (χ0) is 23.3. The van der Waals surface area contributed by atoms with Crippen molar-refractivity contribution in [3.63, 3.8) is 0 Å². The van der Waals surface area contributed by atoms with Gasteiger partial charge in [-0.3, -0.25) is 14.9 Å². The van der Waals surface area contributed by atoms with Crippen LogP contribution in [0.2, 0.25) is 5.02 Å². The number of nitro groups is 1. The molecule has 1 aliphatic heterocycles. The third-order valence-electron chi connectivity index (χ3n) is 4.81. The van der Waals surface area contributed by atoms with Crippen LogP contribution in [0, 0.1) is 10.1 Å². The van der Waals surface area contributed by atoms with Crippen molar-refractivity contribution in [3.8, 4) is 0 Å². The molecule has 10 nitrogen and oxygen atoms in total. The maximum Gasteiger partial charge on any atom is 0.338 e. The minimum Gasteiger partial charge on any atom is -0.452 e. The van der Waals surface area contributed by atoms with Crippen LogP contribution in [-0.2, 0) is 19.6 Å². The Balaban J connectivity index is 1.59. The number of hydrogen-bond donors (Lipinski definition) is 1. The number of esters is 1. The number of carbonyl (C=O) groups is 2. The highest BCUT2D eigenvalue weighted by molar-refractivity contribution is 7.89. The highest BCUT2D eigenvalue weighted by atomic mass is 35.5. The van der Waals surface area contributed by atoms with E-state index in [1.54, 1.807) is 0 Å². The van der Waals surface area contributed by atoms with Crippen molar-refractivity contribution in [2.75, 3.05) is 25.0 Å². The van der Waals surface area contributed by atoms with E-state index in [1.807, 2.05) is 0 Å². The summed E-state index contributed by atoms with van der Waals surface area (Å²) in [5, 5.41) is 13.3. The smallest absolute Gasteiger partial charge is 0.338 e. The van der Waals surface area contributed by atoms with Gasteiger partial charge in [-0.25, -0.2) is 13.2 Å². The molecule has 0 unspecified atom stereocenters. The lowest BCUT2D eigenvalue weighted by Crippen LogP contribution is -2.35. The van der Waals surface area contributed by atoms with E-state index in [-0.39, 0.29) is 26.9 Å². The van der Waals surface area contributed by atoms with E-state index in [9.17, 15) is 28.1 Å². The highest BCUT2D eigenvalue weighted by Crippen LogP contribution is 2.26. The van der Waals surface area contributed by atoms with Gasteiger partial charge in [-0.05, 0) is 43.2 Å². The van der Waals surface area contributed by atoms with Crippen molar-refractivity contribution < 1.29 is 27.7 Å². The standard InChI is InChI=1S/C20H20ClN3O7S/c21-17-9-6-15(24(27)28)12-18(17)22-19(25)13-31-20(26)14-4-7-16(8-5-14)32(29,30)23-10-2-1-3-11-23/h4-9,12H,1-3,10-11,13H2,(H,22,25). The Kier molecular flexibility index (Phi) is 7.44. The molecule has 2 aromatic carbocycles. The SMILES string of the molecule is O=C(COC(=O)c1ccc(S(=O)(=O)N2CCCCC2)cc1)Nc1cc([N+](=O)[O-])ccc1Cl. The van der Waals surface area contributed by atoms with Gasteiger partial charge in [0.25, 0.3) is 11.6 Å². The molecule has 2 aromatic rings. The van der Waals surface area contributed by atoms with Crippen LogP contribution in [0.15, 0.2) is 47.4 Å². The van der Waals surface area contributed by atoms with Crippen LogP contribution in [0.1, 0.15) is 29.6 Å². The number of piperidine rings is 1. The first-order chi connectivity index (χ1) is 15.2. The first kappa shape index (κ1) is 23.6. The largest absolute Gasteiger partial charge is 0.452 e. The van der Waals surface area contributed by atoms with Gasteiger partial charge < -0.3 is 10.1 Å². The van der Waals surface area contributed by atoms with Gasteiger partial charge in [-0.15, -0.1) is 0 Å². The van der Waals surface area contributed by atoms with Crippen LogP contribution >= 0.6 is 11.6 Å². The van der Waals surface area contributed by atoms with Crippen molar-refractivity contribution in [1.29, 1.82) is 0 Å². The number of hydrogen-bond acceptors (Lipinski definition) is 7. The number of amides is 1. The molecule has 1 aliphatic rings. The monoisotopic (exact) mass is 481 g/mol. The van der Waals surface area contributed by atoms with E-state index >= 15 is 0 Å². The van der Waals surface area contributed by atoms with Crippen LogP contribution in [0.3, 0.4) is 0 Å². The van der Waals surface area contributed by atoms with E-state index in [1.165, 1.54) is 40.7 Å². The van der Waals surface area contributed by atoms with Crippen molar-refractivity contribution in [2.24, 2.45) is 0 Å². The zero-order valence-corrected chi connectivity index (χ0v) is 18.4. The van der Waals surface area contributed by atoms with E-state index < -0.39 is 33.4 Å². The molecule has 0 atom stereocenters. The molecule has 32 heavy (non-hydrogen) atoms. The highest BCUT2D eigenvalue weighted by Gasteiger charge is 2.26. The normalized spacial score (nSPS) is 14.5. The van der Waals surface area contributed by atoms with Gasteiger partial charge in [0, 0.05) is 25.2 Å². The average Bonchev–Trinajstić information content (AvgIpc) is 2.79. The minimum absolute atomic E-state index is 0.00851. The fourth-order valence-electron chi connectivity index (χ4n) is 3.14. The Morgan fingerprint density at radius 3 is 2.38 bits per heavy atom. The van der Waals surface area contributed by atoms with Crippen molar-refractivity contribution in [2.45, 2.75) is 24.2 Å². The number of nitrogens with one attached hydrogen (secondary N) is 1. The summed E-state index contributed by atoms with van der Waals surface area (Å²) in [5.41, 5.74) is -0.181. The molecule has 170 valence electrons. The van der Waals surface area contributed by atoms with Gasteiger partial charge in [0.1, 0.15) is 0 Å². The molecule has 12 heteroatoms. The second kappa shape index (κ2) is 10.1. The van der Waals surface area contributed by atoms with E-state index in [0.717, 1.165) is 25.3 Å². The molecule has 0 saturated carbocycles. The van der Waals surface area contributed by atoms with Gasteiger partial charge in [0.15, 0.2) is 6.61 Å². The van der Waals surface area contributed by atoms with Gasteiger partial charge in [-0.2, -0.15) is 4.31 Å². The Hall–Kier alpha value is -3.02. The summed E-state index contributed by atoms with van der Waals surface area (Å²) in [6.45, 7) is 0.275. The number of rotatable bonds is 7. The number of carbonyl (C=O) groups excluding carboxylic acids is 2. The van der Waals surface area contributed by atoms with E-state index in [4.69, 9.17) is 16.3 Å². The first-order valence-corrected chi connectivity index (χ1v) is 11.5. The fraction of sp³-hybridized carbons (Fsp3) is 0.300. The molecule has 1 amide bonds. The Labute approximate surface area is 189 Å².